The predicted octanol–water partition coefficient (Wildman–Crippen LogP) is 6.97. The van der Waals surface area contributed by atoms with Gasteiger partial charge in [-0.25, -0.2) is 18.6 Å². The second kappa shape index (κ2) is 13.2. The molecule has 0 fully saturated rings. The van der Waals surface area contributed by atoms with Gasteiger partial charge in [-0.3, -0.25) is 9.62 Å². The van der Waals surface area contributed by atoms with E-state index in [1.165, 1.54) is 38.5 Å². The number of hydrogen-bond donors (Lipinski definition) is 2. The molecule has 0 aliphatic rings. The Balaban J connectivity index is 1.74. The van der Waals surface area contributed by atoms with Crippen molar-refractivity contribution in [2.24, 2.45) is 0 Å². The van der Waals surface area contributed by atoms with Gasteiger partial charge in [0.1, 0.15) is 35.1 Å². The maximum Gasteiger partial charge on any atom is 0.412 e. The van der Waals surface area contributed by atoms with Crippen molar-refractivity contribution in [1.29, 1.82) is 0 Å². The molecule has 3 aromatic carbocycles. The van der Waals surface area contributed by atoms with Crippen molar-refractivity contribution in [2.45, 2.75) is 37.3 Å². The van der Waals surface area contributed by atoms with Gasteiger partial charge >= 0.3 is 6.09 Å². The fourth-order valence-corrected chi connectivity index (χ4v) is 6.22. The first-order valence-corrected chi connectivity index (χ1v) is 15.4. The molecule has 44 heavy (non-hydrogen) atoms. The number of benzene rings is 3. The number of aromatic nitrogens is 2. The second-order valence-electron chi connectivity index (χ2n) is 10.1. The number of amides is 1. The molecule has 1 amide bonds. The van der Waals surface area contributed by atoms with Crippen molar-refractivity contribution in [1.82, 2.24) is 9.36 Å². The van der Waals surface area contributed by atoms with E-state index >= 15 is 8.78 Å². The number of nitrogens with zero attached hydrogens (tertiary/aromatic N) is 3. The van der Waals surface area contributed by atoms with Gasteiger partial charge in [-0.15, -0.1) is 0 Å². The summed E-state index contributed by atoms with van der Waals surface area (Å²) in [6.45, 7) is 4.60. The quantitative estimate of drug-likeness (QED) is 0.184. The molecule has 4 aromatic rings. The molecule has 1 heterocycles. The van der Waals surface area contributed by atoms with Gasteiger partial charge in [-0.2, -0.15) is 12.8 Å². The molecule has 16 heteroatoms. The molecule has 234 valence electrons. The third-order valence-corrected chi connectivity index (χ3v) is 8.86. The van der Waals surface area contributed by atoms with Crippen LogP contribution in [0.4, 0.5) is 36.3 Å². The van der Waals surface area contributed by atoms with Crippen LogP contribution in [0.25, 0.3) is 0 Å². The molecular weight excluding hydrogens is 640 g/mol. The van der Waals surface area contributed by atoms with Crippen LogP contribution in [0, 0.1) is 11.6 Å². The summed E-state index contributed by atoms with van der Waals surface area (Å²) in [4.78, 5) is 16.2. The molecular formula is C28H28ClF2N5O6S2. The molecule has 1 aromatic heterocycles. The highest BCUT2D eigenvalue weighted by Crippen LogP contribution is 2.36. The Labute approximate surface area is 261 Å². The van der Waals surface area contributed by atoms with E-state index in [0.29, 0.717) is 27.2 Å². The van der Waals surface area contributed by atoms with Gasteiger partial charge in [0.05, 0.1) is 43.5 Å². The number of anilines is 4. The van der Waals surface area contributed by atoms with Gasteiger partial charge in [0.15, 0.2) is 0 Å². The Morgan fingerprint density at radius 3 is 2.39 bits per heavy atom. The topological polar surface area (TPSA) is 132 Å². The first kappa shape index (κ1) is 32.7. The molecule has 0 aliphatic heterocycles. The lowest BCUT2D eigenvalue weighted by atomic mass is 10.1. The summed E-state index contributed by atoms with van der Waals surface area (Å²) < 4.78 is 78.6. The molecule has 0 atom stereocenters. The average molecular weight is 668 g/mol. The third kappa shape index (κ3) is 7.65. The van der Waals surface area contributed by atoms with Crippen LogP contribution in [0.1, 0.15) is 26.3 Å². The van der Waals surface area contributed by atoms with Crippen molar-refractivity contribution < 1.29 is 36.2 Å². The highest BCUT2D eigenvalue weighted by molar-refractivity contribution is 7.94. The van der Waals surface area contributed by atoms with Crippen LogP contribution in [0.15, 0.2) is 59.2 Å². The second-order valence-corrected chi connectivity index (χ2v) is 13.4. The largest absolute Gasteiger partial charge is 0.497 e. The number of ether oxygens (including phenoxy) is 3. The van der Waals surface area contributed by atoms with Crippen LogP contribution in [-0.4, -0.2) is 43.7 Å². The zero-order valence-corrected chi connectivity index (χ0v) is 26.5. The summed E-state index contributed by atoms with van der Waals surface area (Å²) in [5.74, 6) is -1.38. The maximum atomic E-state index is 15.8. The molecule has 0 saturated carbocycles. The molecule has 0 radical (unpaired) electrons. The Morgan fingerprint density at radius 2 is 1.75 bits per heavy atom. The van der Waals surface area contributed by atoms with Crippen LogP contribution < -0.4 is 24.4 Å². The van der Waals surface area contributed by atoms with Crippen molar-refractivity contribution in [3.05, 3.63) is 77.1 Å². The monoisotopic (exact) mass is 667 g/mol. The summed E-state index contributed by atoms with van der Waals surface area (Å²) >= 11 is 6.68. The molecule has 0 spiro atoms. The van der Waals surface area contributed by atoms with Crippen molar-refractivity contribution in [2.75, 3.05) is 29.2 Å². The molecule has 0 bridgehead atoms. The standard InChI is InChI=1S/C28H28ClF2N5O6S2/c1-28(2,3)42-26(37)35-23-10-17(29)7-9-21(23)34-22-12-20(31)24(13-19(22)30)36(44(38,39)27-32-15-33-43-27)14-16-6-8-18(40-4)11-25(16)41-5/h6-13,15,34H,14H2,1-5H3,(H,35,37). The van der Waals surface area contributed by atoms with E-state index in [1.807, 2.05) is 0 Å². The first-order chi connectivity index (χ1) is 20.7. The molecule has 11 nitrogen and oxygen atoms in total. The van der Waals surface area contributed by atoms with Crippen molar-refractivity contribution >= 4 is 62.0 Å². The number of hydrogen-bond acceptors (Lipinski definition) is 10. The third-order valence-electron chi connectivity index (χ3n) is 5.85. The van der Waals surface area contributed by atoms with Crippen LogP contribution in [0.2, 0.25) is 5.02 Å². The fourth-order valence-electron chi connectivity index (χ4n) is 3.92. The van der Waals surface area contributed by atoms with Crippen LogP contribution in [-0.2, 0) is 21.3 Å². The SMILES string of the molecule is COc1ccc(CN(c2cc(F)c(Nc3ccc(Cl)cc3NC(=O)OC(C)(C)C)cc2F)S(=O)(=O)c2ncns2)c(OC)c1. The zero-order valence-electron chi connectivity index (χ0n) is 24.1. The highest BCUT2D eigenvalue weighted by atomic mass is 35.5. The van der Waals surface area contributed by atoms with Crippen molar-refractivity contribution in [3.63, 3.8) is 0 Å². The number of methoxy groups -OCH3 is 2. The van der Waals surface area contributed by atoms with Crippen LogP contribution in [0.3, 0.4) is 0 Å². The Bertz CT molecular complexity index is 1770. The van der Waals surface area contributed by atoms with E-state index in [1.54, 1.807) is 32.9 Å². The minimum atomic E-state index is -4.51. The lowest BCUT2D eigenvalue weighted by molar-refractivity contribution is 0.0636. The fraction of sp³-hybridized carbons (Fsp3) is 0.250. The van der Waals surface area contributed by atoms with Crippen LogP contribution >= 0.6 is 23.1 Å². The van der Waals surface area contributed by atoms with Crippen LogP contribution in [0.5, 0.6) is 11.5 Å². The summed E-state index contributed by atoms with van der Waals surface area (Å²) in [5, 5.41) is 5.51. The summed E-state index contributed by atoms with van der Waals surface area (Å²) in [7, 11) is -1.68. The summed E-state index contributed by atoms with van der Waals surface area (Å²) in [6.07, 6.45) is 0.249. The number of nitrogens with one attached hydrogen (secondary N) is 2. The molecule has 0 saturated heterocycles. The first-order valence-electron chi connectivity index (χ1n) is 12.8. The number of halogens is 3. The predicted molar refractivity (Wildman–Crippen MR) is 164 cm³/mol. The number of rotatable bonds is 10. The molecule has 4 rings (SSSR count). The normalized spacial score (nSPS) is 11.5. The minimum Gasteiger partial charge on any atom is -0.497 e. The Morgan fingerprint density at radius 1 is 1.00 bits per heavy atom. The van der Waals surface area contributed by atoms with Gasteiger partial charge in [-0.1, -0.05) is 11.6 Å². The number of carbonyl (C=O) groups is 1. The average Bonchev–Trinajstić information content (AvgIpc) is 3.50. The van der Waals surface area contributed by atoms with Gasteiger partial charge in [-0.05, 0) is 62.6 Å². The van der Waals surface area contributed by atoms with E-state index in [0.717, 1.165) is 18.5 Å². The Hall–Kier alpha value is -4.21. The van der Waals surface area contributed by atoms with Gasteiger partial charge in [0.2, 0.25) is 4.34 Å². The lowest BCUT2D eigenvalue weighted by Gasteiger charge is -2.25. The van der Waals surface area contributed by atoms with Gasteiger partial charge in [0.25, 0.3) is 10.0 Å². The van der Waals surface area contributed by atoms with E-state index in [9.17, 15) is 13.2 Å². The lowest BCUT2D eigenvalue weighted by Crippen LogP contribution is -2.31. The van der Waals surface area contributed by atoms with Crippen molar-refractivity contribution in [3.8, 4) is 11.5 Å². The van der Waals surface area contributed by atoms with E-state index < -0.39 is 49.9 Å². The molecule has 0 aliphatic carbocycles. The van der Waals surface area contributed by atoms with E-state index in [2.05, 4.69) is 20.0 Å². The van der Waals surface area contributed by atoms with Gasteiger partial charge in [0, 0.05) is 28.8 Å². The smallest absolute Gasteiger partial charge is 0.412 e. The number of sulfonamides is 1. The summed E-state index contributed by atoms with van der Waals surface area (Å²) in [6, 6.07) is 10.5. The molecule has 2 N–H and O–H groups in total. The van der Waals surface area contributed by atoms with E-state index in [4.69, 9.17) is 25.8 Å². The van der Waals surface area contributed by atoms with E-state index in [-0.39, 0.29) is 27.8 Å². The number of carbonyl (C=O) groups excluding carboxylic acids is 1. The highest BCUT2D eigenvalue weighted by Gasteiger charge is 2.32. The molecule has 0 unspecified atom stereocenters. The van der Waals surface area contributed by atoms with Gasteiger partial charge < -0.3 is 19.5 Å². The minimum absolute atomic E-state index is 0.128. The summed E-state index contributed by atoms with van der Waals surface area (Å²) in [5.41, 5.74) is -1.11. The zero-order chi connectivity index (χ0) is 32.2. The maximum absolute atomic E-state index is 15.8. The Kier molecular flexibility index (Phi) is 9.81.